The number of carbonyl (C=O) groups excluding carboxylic acids is 1. The summed E-state index contributed by atoms with van der Waals surface area (Å²) < 4.78 is 4.92. The summed E-state index contributed by atoms with van der Waals surface area (Å²) in [6.45, 7) is 1.28. The van der Waals surface area contributed by atoms with E-state index in [1.165, 1.54) is 4.90 Å². The number of carboxylic acid groups (broad SMARTS) is 1. The second-order valence-corrected chi connectivity index (χ2v) is 3.97. The molecular weight excluding hydrogens is 186 g/mol. The average Bonchev–Trinajstić information content (AvgIpc) is 2.48. The molecule has 0 saturated carbocycles. The molecule has 5 heteroatoms. The van der Waals surface area contributed by atoms with Crippen molar-refractivity contribution in [2.24, 2.45) is 5.41 Å². The number of hydrogen-bond donors (Lipinski definition) is 1. The summed E-state index contributed by atoms with van der Waals surface area (Å²) in [6, 6.07) is 0. The van der Waals surface area contributed by atoms with E-state index in [-0.39, 0.29) is 5.97 Å². The van der Waals surface area contributed by atoms with Crippen molar-refractivity contribution in [3.8, 4) is 0 Å². The average molecular weight is 199 g/mol. The van der Waals surface area contributed by atoms with Gasteiger partial charge in [0.2, 0.25) is 0 Å². The summed E-state index contributed by atoms with van der Waals surface area (Å²) >= 11 is 0. The normalized spacial score (nSPS) is 32.0. The molecule has 1 unspecified atom stereocenters. The topological polar surface area (TPSA) is 66.8 Å². The van der Waals surface area contributed by atoms with Gasteiger partial charge in [-0.3, -0.25) is 4.79 Å². The quantitative estimate of drug-likeness (QED) is 0.583. The number of rotatable bonds is 0. The van der Waals surface area contributed by atoms with E-state index in [9.17, 15) is 9.59 Å². The SMILES string of the molecule is O=C(O)N1CCCC2(CCOC2=O)C1. The van der Waals surface area contributed by atoms with Crippen molar-refractivity contribution in [1.29, 1.82) is 0 Å². The van der Waals surface area contributed by atoms with Crippen molar-refractivity contribution in [1.82, 2.24) is 4.90 Å². The lowest BCUT2D eigenvalue weighted by molar-refractivity contribution is -0.148. The molecule has 2 saturated heterocycles. The largest absolute Gasteiger partial charge is 0.465 e. The van der Waals surface area contributed by atoms with Gasteiger partial charge in [-0.05, 0) is 19.3 Å². The van der Waals surface area contributed by atoms with Gasteiger partial charge in [-0.2, -0.15) is 0 Å². The van der Waals surface area contributed by atoms with E-state index in [1.807, 2.05) is 0 Å². The van der Waals surface area contributed by atoms with Crippen LogP contribution in [0.1, 0.15) is 19.3 Å². The highest BCUT2D eigenvalue weighted by Gasteiger charge is 2.48. The third-order valence-electron chi connectivity index (χ3n) is 3.09. The maximum absolute atomic E-state index is 11.5. The molecule has 1 N–H and O–H groups in total. The first-order valence-corrected chi connectivity index (χ1v) is 4.79. The lowest BCUT2D eigenvalue weighted by Crippen LogP contribution is -2.47. The fourth-order valence-corrected chi connectivity index (χ4v) is 2.26. The zero-order chi connectivity index (χ0) is 10.2. The molecule has 14 heavy (non-hydrogen) atoms. The van der Waals surface area contributed by atoms with Crippen molar-refractivity contribution < 1.29 is 19.4 Å². The number of hydrogen-bond acceptors (Lipinski definition) is 3. The van der Waals surface area contributed by atoms with Crippen LogP contribution in [-0.2, 0) is 9.53 Å². The highest BCUT2D eigenvalue weighted by atomic mass is 16.5. The number of carbonyl (C=O) groups is 2. The number of amides is 1. The van der Waals surface area contributed by atoms with Gasteiger partial charge >= 0.3 is 12.1 Å². The second-order valence-electron chi connectivity index (χ2n) is 3.97. The number of esters is 1. The van der Waals surface area contributed by atoms with Crippen LogP contribution in [0.25, 0.3) is 0 Å². The molecule has 0 aromatic carbocycles. The third kappa shape index (κ3) is 1.32. The van der Waals surface area contributed by atoms with Gasteiger partial charge in [0.05, 0.1) is 12.0 Å². The summed E-state index contributed by atoms with van der Waals surface area (Å²) in [5, 5.41) is 8.84. The maximum atomic E-state index is 11.5. The number of cyclic esters (lactones) is 1. The van der Waals surface area contributed by atoms with Gasteiger partial charge in [-0.1, -0.05) is 0 Å². The number of nitrogens with zero attached hydrogens (tertiary/aromatic N) is 1. The van der Waals surface area contributed by atoms with Crippen LogP contribution in [0.3, 0.4) is 0 Å². The zero-order valence-corrected chi connectivity index (χ0v) is 7.86. The minimum Gasteiger partial charge on any atom is -0.465 e. The fourth-order valence-electron chi connectivity index (χ4n) is 2.26. The molecule has 1 atom stereocenters. The summed E-state index contributed by atoms with van der Waals surface area (Å²) in [7, 11) is 0. The van der Waals surface area contributed by atoms with Crippen LogP contribution < -0.4 is 0 Å². The van der Waals surface area contributed by atoms with Gasteiger partial charge < -0.3 is 14.7 Å². The van der Waals surface area contributed by atoms with Gasteiger partial charge in [0.1, 0.15) is 0 Å². The van der Waals surface area contributed by atoms with E-state index in [4.69, 9.17) is 9.84 Å². The Labute approximate surface area is 81.6 Å². The van der Waals surface area contributed by atoms with Gasteiger partial charge in [0.15, 0.2) is 0 Å². The Balaban J connectivity index is 2.13. The van der Waals surface area contributed by atoms with E-state index in [0.717, 1.165) is 12.8 Å². The van der Waals surface area contributed by atoms with Gasteiger partial charge in [0, 0.05) is 13.1 Å². The van der Waals surface area contributed by atoms with E-state index in [0.29, 0.717) is 26.1 Å². The molecule has 0 radical (unpaired) electrons. The second kappa shape index (κ2) is 3.15. The fraction of sp³-hybridized carbons (Fsp3) is 0.778. The van der Waals surface area contributed by atoms with E-state index >= 15 is 0 Å². The van der Waals surface area contributed by atoms with E-state index in [1.54, 1.807) is 0 Å². The molecule has 0 bridgehead atoms. The Morgan fingerprint density at radius 1 is 1.50 bits per heavy atom. The minimum absolute atomic E-state index is 0.219. The molecule has 78 valence electrons. The lowest BCUT2D eigenvalue weighted by atomic mass is 9.79. The molecule has 0 aromatic rings. The lowest BCUT2D eigenvalue weighted by Gasteiger charge is -2.35. The molecular formula is C9H13NO4. The molecule has 2 heterocycles. The Kier molecular flexibility index (Phi) is 2.09. The molecule has 1 amide bonds. The zero-order valence-electron chi connectivity index (χ0n) is 7.86. The number of piperidine rings is 1. The predicted octanol–water partition coefficient (Wildman–Crippen LogP) is 0.694. The number of ether oxygens (including phenoxy) is 1. The number of likely N-dealkylation sites (tertiary alicyclic amines) is 1. The highest BCUT2D eigenvalue weighted by Crippen LogP contribution is 2.38. The first kappa shape index (κ1) is 9.30. The van der Waals surface area contributed by atoms with E-state index < -0.39 is 11.5 Å². The van der Waals surface area contributed by atoms with Gasteiger partial charge in [0.25, 0.3) is 0 Å². The van der Waals surface area contributed by atoms with Crippen LogP contribution in [0.2, 0.25) is 0 Å². The third-order valence-corrected chi connectivity index (χ3v) is 3.09. The van der Waals surface area contributed by atoms with Crippen molar-refractivity contribution in [2.75, 3.05) is 19.7 Å². The maximum Gasteiger partial charge on any atom is 0.407 e. The molecule has 2 rings (SSSR count). The molecule has 2 fully saturated rings. The summed E-state index contributed by atoms with van der Waals surface area (Å²) in [5.74, 6) is -0.219. The summed E-state index contributed by atoms with van der Waals surface area (Å²) in [6.07, 6.45) is 1.23. The molecule has 5 nitrogen and oxygen atoms in total. The van der Waals surface area contributed by atoms with Crippen LogP contribution in [0.15, 0.2) is 0 Å². The molecule has 2 aliphatic rings. The van der Waals surface area contributed by atoms with Crippen molar-refractivity contribution >= 4 is 12.1 Å². The highest BCUT2D eigenvalue weighted by molar-refractivity contribution is 5.80. The van der Waals surface area contributed by atoms with Crippen LogP contribution in [0.4, 0.5) is 4.79 Å². The first-order chi connectivity index (χ1) is 6.64. The summed E-state index contributed by atoms with van der Waals surface area (Å²) in [5.41, 5.74) is -0.531. The van der Waals surface area contributed by atoms with Crippen LogP contribution >= 0.6 is 0 Å². The predicted molar refractivity (Wildman–Crippen MR) is 46.8 cm³/mol. The van der Waals surface area contributed by atoms with Gasteiger partial charge in [-0.25, -0.2) is 4.79 Å². The minimum atomic E-state index is -0.941. The van der Waals surface area contributed by atoms with Crippen molar-refractivity contribution in [2.45, 2.75) is 19.3 Å². The Morgan fingerprint density at radius 3 is 2.86 bits per heavy atom. The van der Waals surface area contributed by atoms with Crippen molar-refractivity contribution in [3.63, 3.8) is 0 Å². The molecule has 2 aliphatic heterocycles. The van der Waals surface area contributed by atoms with Crippen molar-refractivity contribution in [3.05, 3.63) is 0 Å². The molecule has 0 aromatic heterocycles. The smallest absolute Gasteiger partial charge is 0.407 e. The van der Waals surface area contributed by atoms with Crippen LogP contribution in [0.5, 0.6) is 0 Å². The summed E-state index contributed by atoms with van der Waals surface area (Å²) in [4.78, 5) is 23.6. The molecule has 1 spiro atoms. The first-order valence-electron chi connectivity index (χ1n) is 4.79. The molecule has 0 aliphatic carbocycles. The van der Waals surface area contributed by atoms with Gasteiger partial charge in [-0.15, -0.1) is 0 Å². The Bertz CT molecular complexity index is 278. The Morgan fingerprint density at radius 2 is 2.29 bits per heavy atom. The van der Waals surface area contributed by atoms with Crippen LogP contribution in [-0.4, -0.2) is 41.8 Å². The van der Waals surface area contributed by atoms with Crippen LogP contribution in [0, 0.1) is 5.41 Å². The monoisotopic (exact) mass is 199 g/mol. The Hall–Kier alpha value is -1.26. The van der Waals surface area contributed by atoms with E-state index in [2.05, 4.69) is 0 Å². The standard InChI is InChI=1S/C9H13NO4/c11-7-9(3-5-14-7)2-1-4-10(6-9)8(12)13/h1-6H2,(H,12,13).